The Hall–Kier alpha value is -0.860. The molecule has 0 aliphatic carbocycles. The van der Waals surface area contributed by atoms with Crippen molar-refractivity contribution < 1.29 is 4.74 Å². The second-order valence-corrected chi connectivity index (χ2v) is 5.47. The molecule has 2 nitrogen and oxygen atoms in total. The number of nitrogens with one attached hydrogen (secondary N) is 1. The van der Waals surface area contributed by atoms with Crippen LogP contribution in [0.3, 0.4) is 0 Å². The van der Waals surface area contributed by atoms with E-state index >= 15 is 0 Å². The van der Waals surface area contributed by atoms with Crippen LogP contribution in [0.15, 0.2) is 12.1 Å². The Morgan fingerprint density at radius 2 is 1.89 bits per heavy atom. The fourth-order valence-corrected chi connectivity index (χ4v) is 3.02. The molecule has 2 atom stereocenters. The van der Waals surface area contributed by atoms with E-state index in [0.717, 1.165) is 19.6 Å². The van der Waals surface area contributed by atoms with Crippen molar-refractivity contribution >= 4 is 0 Å². The first-order chi connectivity index (χ1) is 8.61. The first-order valence-electron chi connectivity index (χ1n) is 7.04. The molecular formula is C16H25NO. The Kier molecular flexibility index (Phi) is 4.41. The van der Waals surface area contributed by atoms with Gasteiger partial charge in [0.15, 0.2) is 0 Å². The average molecular weight is 247 g/mol. The summed E-state index contributed by atoms with van der Waals surface area (Å²) >= 11 is 0. The van der Waals surface area contributed by atoms with Gasteiger partial charge in [0.05, 0.1) is 6.10 Å². The topological polar surface area (TPSA) is 21.3 Å². The molecule has 0 aromatic heterocycles. The third kappa shape index (κ3) is 2.93. The van der Waals surface area contributed by atoms with E-state index in [0.29, 0.717) is 6.04 Å². The van der Waals surface area contributed by atoms with Crippen LogP contribution in [0, 0.1) is 20.8 Å². The highest BCUT2D eigenvalue weighted by Crippen LogP contribution is 2.27. The van der Waals surface area contributed by atoms with E-state index in [4.69, 9.17) is 4.74 Å². The summed E-state index contributed by atoms with van der Waals surface area (Å²) in [6.07, 6.45) is 2.51. The SMILES string of the molecule is CCC1CCOC(c2c(C)cc(C)cc2C)CN1. The highest BCUT2D eigenvalue weighted by Gasteiger charge is 2.21. The molecule has 1 saturated heterocycles. The Balaban J connectivity index is 2.21. The number of ether oxygens (including phenoxy) is 1. The van der Waals surface area contributed by atoms with Crippen LogP contribution in [0.25, 0.3) is 0 Å². The van der Waals surface area contributed by atoms with Gasteiger partial charge in [-0.15, -0.1) is 0 Å². The number of rotatable bonds is 2. The Bertz CT molecular complexity index is 391. The van der Waals surface area contributed by atoms with Gasteiger partial charge in [0.25, 0.3) is 0 Å². The molecule has 1 aromatic rings. The van der Waals surface area contributed by atoms with Crippen LogP contribution in [0.4, 0.5) is 0 Å². The number of hydrogen-bond donors (Lipinski definition) is 1. The molecule has 1 heterocycles. The maximum atomic E-state index is 6.06. The minimum atomic E-state index is 0.210. The largest absolute Gasteiger partial charge is 0.372 e. The van der Waals surface area contributed by atoms with E-state index in [2.05, 4.69) is 45.1 Å². The van der Waals surface area contributed by atoms with E-state index in [1.165, 1.54) is 28.7 Å². The van der Waals surface area contributed by atoms with Gasteiger partial charge < -0.3 is 10.1 Å². The molecular weight excluding hydrogens is 222 g/mol. The van der Waals surface area contributed by atoms with Crippen molar-refractivity contribution in [3.8, 4) is 0 Å². The van der Waals surface area contributed by atoms with Gasteiger partial charge in [0, 0.05) is 19.2 Å². The van der Waals surface area contributed by atoms with Crippen LogP contribution in [0.1, 0.15) is 48.1 Å². The van der Waals surface area contributed by atoms with Gasteiger partial charge >= 0.3 is 0 Å². The van der Waals surface area contributed by atoms with Crippen LogP contribution in [0.2, 0.25) is 0 Å². The molecule has 0 amide bonds. The van der Waals surface area contributed by atoms with E-state index < -0.39 is 0 Å². The Morgan fingerprint density at radius 1 is 1.22 bits per heavy atom. The molecule has 0 spiro atoms. The summed E-state index contributed by atoms with van der Waals surface area (Å²) in [7, 11) is 0. The molecule has 0 saturated carbocycles. The van der Waals surface area contributed by atoms with Gasteiger partial charge in [0.2, 0.25) is 0 Å². The highest BCUT2D eigenvalue weighted by atomic mass is 16.5. The molecule has 100 valence electrons. The molecule has 18 heavy (non-hydrogen) atoms. The third-order valence-corrected chi connectivity index (χ3v) is 3.93. The van der Waals surface area contributed by atoms with Crippen LogP contribution < -0.4 is 5.32 Å². The van der Waals surface area contributed by atoms with Crippen molar-refractivity contribution in [3.63, 3.8) is 0 Å². The lowest BCUT2D eigenvalue weighted by Gasteiger charge is -2.21. The smallest absolute Gasteiger partial charge is 0.0954 e. The second-order valence-electron chi connectivity index (χ2n) is 5.47. The van der Waals surface area contributed by atoms with Crippen molar-refractivity contribution in [2.75, 3.05) is 13.2 Å². The lowest BCUT2D eigenvalue weighted by atomic mass is 9.95. The van der Waals surface area contributed by atoms with E-state index in [9.17, 15) is 0 Å². The fraction of sp³-hybridized carbons (Fsp3) is 0.625. The summed E-state index contributed by atoms with van der Waals surface area (Å²) in [5.41, 5.74) is 5.43. The lowest BCUT2D eigenvalue weighted by Crippen LogP contribution is -2.30. The minimum Gasteiger partial charge on any atom is -0.372 e. The van der Waals surface area contributed by atoms with E-state index in [1.54, 1.807) is 0 Å². The zero-order valence-corrected chi connectivity index (χ0v) is 12.0. The highest BCUT2D eigenvalue weighted by molar-refractivity contribution is 5.39. The molecule has 0 radical (unpaired) electrons. The summed E-state index contributed by atoms with van der Waals surface area (Å²) < 4.78 is 6.06. The molecule has 2 rings (SSSR count). The summed E-state index contributed by atoms with van der Waals surface area (Å²) in [4.78, 5) is 0. The monoisotopic (exact) mass is 247 g/mol. The van der Waals surface area contributed by atoms with Crippen LogP contribution >= 0.6 is 0 Å². The van der Waals surface area contributed by atoms with E-state index in [1.807, 2.05) is 0 Å². The molecule has 1 N–H and O–H groups in total. The standard InChI is InChI=1S/C16H25NO/c1-5-14-6-7-18-15(10-17-14)16-12(3)8-11(2)9-13(16)4/h8-9,14-15,17H,5-7,10H2,1-4H3. The van der Waals surface area contributed by atoms with Crippen LogP contribution in [-0.4, -0.2) is 19.2 Å². The third-order valence-electron chi connectivity index (χ3n) is 3.93. The summed E-state index contributed by atoms with van der Waals surface area (Å²) in [5.74, 6) is 0. The van der Waals surface area contributed by atoms with Gasteiger partial charge in [0.1, 0.15) is 0 Å². The zero-order valence-electron chi connectivity index (χ0n) is 12.0. The summed E-state index contributed by atoms with van der Waals surface area (Å²) in [5, 5.41) is 3.62. The predicted octanol–water partition coefficient (Wildman–Crippen LogP) is 3.44. The van der Waals surface area contributed by atoms with Crippen LogP contribution in [0.5, 0.6) is 0 Å². The molecule has 1 aromatic carbocycles. The van der Waals surface area contributed by atoms with Gasteiger partial charge in [-0.25, -0.2) is 0 Å². The van der Waals surface area contributed by atoms with Crippen molar-refractivity contribution in [2.45, 2.75) is 52.7 Å². The van der Waals surface area contributed by atoms with Crippen molar-refractivity contribution in [1.82, 2.24) is 5.32 Å². The second kappa shape index (κ2) is 5.85. The lowest BCUT2D eigenvalue weighted by molar-refractivity contribution is 0.0655. The quantitative estimate of drug-likeness (QED) is 0.864. The van der Waals surface area contributed by atoms with E-state index in [-0.39, 0.29) is 6.10 Å². The number of hydrogen-bond acceptors (Lipinski definition) is 2. The summed E-state index contributed by atoms with van der Waals surface area (Å²) in [6, 6.07) is 5.13. The molecule has 1 fully saturated rings. The first-order valence-corrected chi connectivity index (χ1v) is 7.04. The molecule has 2 unspecified atom stereocenters. The minimum absolute atomic E-state index is 0.210. The average Bonchev–Trinajstić information content (AvgIpc) is 2.53. The zero-order chi connectivity index (χ0) is 13.1. The fourth-order valence-electron chi connectivity index (χ4n) is 3.02. The summed E-state index contributed by atoms with van der Waals surface area (Å²) in [6.45, 7) is 10.6. The predicted molar refractivity (Wildman–Crippen MR) is 76.0 cm³/mol. The maximum absolute atomic E-state index is 6.06. The molecule has 2 heteroatoms. The molecule has 1 aliphatic heterocycles. The van der Waals surface area contributed by atoms with Gasteiger partial charge in [-0.05, 0) is 50.3 Å². The molecule has 0 bridgehead atoms. The van der Waals surface area contributed by atoms with Gasteiger partial charge in [-0.1, -0.05) is 24.6 Å². The normalized spacial score (nSPS) is 24.9. The van der Waals surface area contributed by atoms with Gasteiger partial charge in [-0.3, -0.25) is 0 Å². The van der Waals surface area contributed by atoms with Gasteiger partial charge in [-0.2, -0.15) is 0 Å². The maximum Gasteiger partial charge on any atom is 0.0954 e. The van der Waals surface area contributed by atoms with Crippen molar-refractivity contribution in [2.24, 2.45) is 0 Å². The number of aryl methyl sites for hydroxylation is 3. The molecule has 1 aliphatic rings. The van der Waals surface area contributed by atoms with Crippen molar-refractivity contribution in [1.29, 1.82) is 0 Å². The Morgan fingerprint density at radius 3 is 2.50 bits per heavy atom. The first kappa shape index (κ1) is 13.6. The number of benzene rings is 1. The Labute approximate surface area is 111 Å². The van der Waals surface area contributed by atoms with Crippen LogP contribution in [-0.2, 0) is 4.74 Å². The van der Waals surface area contributed by atoms with Crippen molar-refractivity contribution in [3.05, 3.63) is 34.4 Å².